The number of hydrogen-bond acceptors (Lipinski definition) is 2. The third kappa shape index (κ3) is 8.75. The zero-order valence-electron chi connectivity index (χ0n) is 13.5. The molecule has 0 spiro atoms. The van der Waals surface area contributed by atoms with E-state index >= 15 is 0 Å². The van der Waals surface area contributed by atoms with E-state index in [0.717, 1.165) is 17.3 Å². The standard InChI is InChI=1S/C18H30ClNS/c1-3-5-6-7-8-9-12-16(20-4-2)15-21-18-14-11-10-13-17(18)19/h10-11,13-14,16,20H,3-9,12,15H2,1-2H3. The molecule has 0 aromatic heterocycles. The molecule has 0 aliphatic carbocycles. The Balaban J connectivity index is 2.24. The van der Waals surface area contributed by atoms with Crippen molar-refractivity contribution in [2.24, 2.45) is 0 Å². The molecule has 21 heavy (non-hydrogen) atoms. The summed E-state index contributed by atoms with van der Waals surface area (Å²) in [5.41, 5.74) is 0. The fraction of sp³-hybridized carbons (Fsp3) is 0.667. The summed E-state index contributed by atoms with van der Waals surface area (Å²) in [7, 11) is 0. The smallest absolute Gasteiger partial charge is 0.0541 e. The molecule has 0 saturated heterocycles. The van der Waals surface area contributed by atoms with Gasteiger partial charge in [0.1, 0.15) is 0 Å². The molecule has 120 valence electrons. The van der Waals surface area contributed by atoms with Crippen LogP contribution in [0.1, 0.15) is 58.8 Å². The molecule has 0 aliphatic heterocycles. The van der Waals surface area contributed by atoms with E-state index in [-0.39, 0.29) is 0 Å². The van der Waals surface area contributed by atoms with Crippen LogP contribution in [0.5, 0.6) is 0 Å². The molecule has 0 radical (unpaired) electrons. The van der Waals surface area contributed by atoms with Crippen molar-refractivity contribution < 1.29 is 0 Å². The predicted octanol–water partition coefficient (Wildman–Crippen LogP) is 6.16. The van der Waals surface area contributed by atoms with E-state index in [4.69, 9.17) is 11.6 Å². The van der Waals surface area contributed by atoms with Gasteiger partial charge in [-0.25, -0.2) is 0 Å². The van der Waals surface area contributed by atoms with E-state index in [2.05, 4.69) is 31.3 Å². The SMILES string of the molecule is CCCCCCCCC(CSc1ccccc1Cl)NCC. The first-order valence-corrected chi connectivity index (χ1v) is 9.75. The number of thioether (sulfide) groups is 1. The molecule has 1 atom stereocenters. The quantitative estimate of drug-likeness (QED) is 0.364. The van der Waals surface area contributed by atoms with E-state index < -0.39 is 0 Å². The Kier molecular flexibility index (Phi) is 11.1. The number of unbranched alkanes of at least 4 members (excludes halogenated alkanes) is 5. The van der Waals surface area contributed by atoms with Crippen molar-refractivity contribution in [1.82, 2.24) is 5.32 Å². The molecule has 1 aromatic rings. The van der Waals surface area contributed by atoms with Crippen molar-refractivity contribution >= 4 is 23.4 Å². The van der Waals surface area contributed by atoms with E-state index in [1.54, 1.807) is 0 Å². The van der Waals surface area contributed by atoms with Crippen molar-refractivity contribution in [2.45, 2.75) is 69.7 Å². The fourth-order valence-electron chi connectivity index (χ4n) is 2.46. The van der Waals surface area contributed by atoms with Crippen LogP contribution in [0.15, 0.2) is 29.2 Å². The summed E-state index contributed by atoms with van der Waals surface area (Å²) in [4.78, 5) is 1.20. The molecule has 0 saturated carbocycles. The van der Waals surface area contributed by atoms with Gasteiger partial charge in [-0.05, 0) is 25.1 Å². The van der Waals surface area contributed by atoms with Gasteiger partial charge in [0, 0.05) is 16.7 Å². The van der Waals surface area contributed by atoms with Gasteiger partial charge < -0.3 is 5.32 Å². The van der Waals surface area contributed by atoms with Gasteiger partial charge in [0.2, 0.25) is 0 Å². The first kappa shape index (κ1) is 18.9. The molecule has 0 heterocycles. The van der Waals surface area contributed by atoms with Crippen LogP contribution in [-0.2, 0) is 0 Å². The van der Waals surface area contributed by atoms with Crippen molar-refractivity contribution in [3.8, 4) is 0 Å². The second-order valence-corrected chi connectivity index (χ2v) is 7.02. The topological polar surface area (TPSA) is 12.0 Å². The van der Waals surface area contributed by atoms with Crippen LogP contribution in [0.2, 0.25) is 5.02 Å². The van der Waals surface area contributed by atoms with Crippen molar-refractivity contribution in [3.63, 3.8) is 0 Å². The number of rotatable bonds is 12. The normalized spacial score (nSPS) is 12.5. The molecule has 1 rings (SSSR count). The second kappa shape index (κ2) is 12.4. The molecule has 1 nitrogen and oxygen atoms in total. The first-order chi connectivity index (χ1) is 10.3. The molecule has 1 N–H and O–H groups in total. The summed E-state index contributed by atoms with van der Waals surface area (Å²) in [6.07, 6.45) is 9.50. The average molecular weight is 328 g/mol. The maximum Gasteiger partial charge on any atom is 0.0541 e. The first-order valence-electron chi connectivity index (χ1n) is 8.38. The fourth-order valence-corrected chi connectivity index (χ4v) is 3.80. The third-order valence-corrected chi connectivity index (χ3v) is 5.35. The lowest BCUT2D eigenvalue weighted by atomic mass is 10.1. The monoisotopic (exact) mass is 327 g/mol. The Morgan fingerprint density at radius 2 is 1.76 bits per heavy atom. The zero-order valence-corrected chi connectivity index (χ0v) is 15.1. The minimum atomic E-state index is 0.599. The summed E-state index contributed by atoms with van der Waals surface area (Å²) in [5.74, 6) is 1.10. The zero-order chi connectivity index (χ0) is 15.3. The molecule has 0 aliphatic rings. The maximum absolute atomic E-state index is 6.22. The lowest BCUT2D eigenvalue weighted by Gasteiger charge is -2.17. The number of benzene rings is 1. The van der Waals surface area contributed by atoms with Crippen LogP contribution in [0.4, 0.5) is 0 Å². The van der Waals surface area contributed by atoms with Gasteiger partial charge in [-0.1, -0.05) is 76.1 Å². The van der Waals surface area contributed by atoms with E-state index in [9.17, 15) is 0 Å². The molecule has 0 bridgehead atoms. The van der Waals surface area contributed by atoms with Gasteiger partial charge in [-0.2, -0.15) is 0 Å². The summed E-state index contributed by atoms with van der Waals surface area (Å²) in [6, 6.07) is 8.73. The van der Waals surface area contributed by atoms with Gasteiger partial charge in [0.25, 0.3) is 0 Å². The number of hydrogen-bond donors (Lipinski definition) is 1. The molecular weight excluding hydrogens is 298 g/mol. The second-order valence-electron chi connectivity index (χ2n) is 5.55. The number of halogens is 1. The minimum absolute atomic E-state index is 0.599. The van der Waals surface area contributed by atoms with E-state index in [0.29, 0.717) is 6.04 Å². The van der Waals surface area contributed by atoms with Crippen LogP contribution < -0.4 is 5.32 Å². The predicted molar refractivity (Wildman–Crippen MR) is 97.6 cm³/mol. The molecular formula is C18H30ClNS. The Hall–Kier alpha value is -0.180. The summed E-state index contributed by atoms with van der Waals surface area (Å²) in [5, 5.41) is 4.48. The van der Waals surface area contributed by atoms with Crippen molar-refractivity contribution in [2.75, 3.05) is 12.3 Å². The molecule has 0 amide bonds. The van der Waals surface area contributed by atoms with Crippen LogP contribution in [0, 0.1) is 0 Å². The van der Waals surface area contributed by atoms with E-state index in [1.807, 2.05) is 23.9 Å². The Morgan fingerprint density at radius 3 is 2.48 bits per heavy atom. The summed E-state index contributed by atoms with van der Waals surface area (Å²) >= 11 is 8.09. The molecule has 1 aromatic carbocycles. The Bertz CT molecular complexity index is 370. The lowest BCUT2D eigenvalue weighted by Crippen LogP contribution is -2.31. The highest BCUT2D eigenvalue weighted by Gasteiger charge is 2.09. The van der Waals surface area contributed by atoms with Gasteiger partial charge in [-0.3, -0.25) is 0 Å². The van der Waals surface area contributed by atoms with Gasteiger partial charge in [0.05, 0.1) is 5.02 Å². The van der Waals surface area contributed by atoms with Gasteiger partial charge >= 0.3 is 0 Å². The Labute approximate surface area is 140 Å². The average Bonchev–Trinajstić information content (AvgIpc) is 2.49. The van der Waals surface area contributed by atoms with Crippen molar-refractivity contribution in [1.29, 1.82) is 0 Å². The van der Waals surface area contributed by atoms with E-state index in [1.165, 1.54) is 49.8 Å². The minimum Gasteiger partial charge on any atom is -0.313 e. The summed E-state index contributed by atoms with van der Waals surface area (Å²) < 4.78 is 0. The van der Waals surface area contributed by atoms with Gasteiger partial charge in [0.15, 0.2) is 0 Å². The molecule has 3 heteroatoms. The number of nitrogens with one attached hydrogen (secondary N) is 1. The van der Waals surface area contributed by atoms with Gasteiger partial charge in [-0.15, -0.1) is 11.8 Å². The highest BCUT2D eigenvalue weighted by Crippen LogP contribution is 2.27. The van der Waals surface area contributed by atoms with Crippen LogP contribution in [0.3, 0.4) is 0 Å². The summed E-state index contributed by atoms with van der Waals surface area (Å²) in [6.45, 7) is 5.51. The third-order valence-electron chi connectivity index (χ3n) is 3.68. The molecule has 0 fully saturated rings. The highest BCUT2D eigenvalue weighted by atomic mass is 35.5. The molecule has 1 unspecified atom stereocenters. The van der Waals surface area contributed by atoms with Crippen molar-refractivity contribution in [3.05, 3.63) is 29.3 Å². The van der Waals surface area contributed by atoms with Crippen LogP contribution in [0.25, 0.3) is 0 Å². The Morgan fingerprint density at radius 1 is 1.05 bits per heavy atom. The highest BCUT2D eigenvalue weighted by molar-refractivity contribution is 7.99. The lowest BCUT2D eigenvalue weighted by molar-refractivity contribution is 0.494. The van der Waals surface area contributed by atoms with Crippen LogP contribution in [-0.4, -0.2) is 18.3 Å². The maximum atomic E-state index is 6.22. The van der Waals surface area contributed by atoms with Crippen LogP contribution >= 0.6 is 23.4 Å². The largest absolute Gasteiger partial charge is 0.313 e.